The molecule has 1 aromatic rings. The van der Waals surface area contributed by atoms with Gasteiger partial charge in [-0.25, -0.2) is 0 Å². The van der Waals surface area contributed by atoms with Crippen molar-refractivity contribution < 1.29 is 9.47 Å². The summed E-state index contributed by atoms with van der Waals surface area (Å²) in [6.07, 6.45) is 0.116. The maximum Gasteiger partial charge on any atom is 0.184 e. The molecule has 0 aliphatic rings. The summed E-state index contributed by atoms with van der Waals surface area (Å²) in [5, 5.41) is 13.0. The first kappa shape index (κ1) is 17.6. The topological polar surface area (TPSA) is 54.3 Å². The van der Waals surface area contributed by atoms with E-state index in [0.717, 1.165) is 12.1 Å². The van der Waals surface area contributed by atoms with E-state index in [9.17, 15) is 0 Å². The molecule has 1 rings (SSSR count). The smallest absolute Gasteiger partial charge is 0.184 e. The van der Waals surface area contributed by atoms with Crippen molar-refractivity contribution in [2.75, 3.05) is 13.7 Å². The molecule has 1 N–H and O–H groups in total. The molecule has 0 saturated carbocycles. The van der Waals surface area contributed by atoms with Crippen LogP contribution >= 0.6 is 11.6 Å². The zero-order valence-corrected chi connectivity index (χ0v) is 13.8. The van der Waals surface area contributed by atoms with E-state index in [1.807, 2.05) is 13.0 Å². The number of hydrogen-bond acceptors (Lipinski definition) is 4. The second-order valence-electron chi connectivity index (χ2n) is 5.26. The summed E-state index contributed by atoms with van der Waals surface area (Å²) in [6, 6.07) is 5.68. The second kappa shape index (κ2) is 8.76. The Morgan fingerprint density at radius 2 is 2.10 bits per heavy atom. The van der Waals surface area contributed by atoms with Crippen LogP contribution in [0.25, 0.3) is 0 Å². The molecule has 0 radical (unpaired) electrons. The van der Waals surface area contributed by atoms with E-state index < -0.39 is 6.10 Å². The molecule has 0 heterocycles. The highest BCUT2D eigenvalue weighted by Crippen LogP contribution is 2.35. The summed E-state index contributed by atoms with van der Waals surface area (Å²) in [7, 11) is 1.57. The third kappa shape index (κ3) is 5.45. The first-order valence-corrected chi connectivity index (χ1v) is 7.53. The fourth-order valence-electron chi connectivity index (χ4n) is 1.88. The van der Waals surface area contributed by atoms with Crippen molar-refractivity contribution in [2.24, 2.45) is 5.92 Å². The van der Waals surface area contributed by atoms with Gasteiger partial charge in [0.1, 0.15) is 6.07 Å². The highest BCUT2D eigenvalue weighted by atomic mass is 35.5. The molecular formula is C16H23ClN2O2. The highest BCUT2D eigenvalue weighted by Gasteiger charge is 2.17. The lowest BCUT2D eigenvalue weighted by atomic mass is 10.1. The zero-order chi connectivity index (χ0) is 15.8. The van der Waals surface area contributed by atoms with Crippen LogP contribution in [0.15, 0.2) is 12.1 Å². The number of halogens is 1. The number of nitrogens with zero attached hydrogens (tertiary/aromatic N) is 1. The highest BCUT2D eigenvalue weighted by molar-refractivity contribution is 6.30. The van der Waals surface area contributed by atoms with Gasteiger partial charge in [-0.2, -0.15) is 5.26 Å². The summed E-state index contributed by atoms with van der Waals surface area (Å²) in [5.74, 6) is 1.70. The van der Waals surface area contributed by atoms with Gasteiger partial charge < -0.3 is 14.8 Å². The van der Waals surface area contributed by atoms with Crippen LogP contribution in [-0.2, 0) is 6.54 Å². The first-order chi connectivity index (χ1) is 10.0. The fourth-order valence-corrected chi connectivity index (χ4v) is 2.11. The summed E-state index contributed by atoms with van der Waals surface area (Å²) < 4.78 is 11.1. The van der Waals surface area contributed by atoms with Crippen LogP contribution in [0.3, 0.4) is 0 Å². The second-order valence-corrected chi connectivity index (χ2v) is 5.70. The Morgan fingerprint density at radius 1 is 1.38 bits per heavy atom. The first-order valence-electron chi connectivity index (χ1n) is 7.15. The van der Waals surface area contributed by atoms with E-state index >= 15 is 0 Å². The summed E-state index contributed by atoms with van der Waals surface area (Å²) >= 11 is 6.12. The SMILES string of the molecule is CCC(C#N)Oc1c(CNCC(C)C)cc(Cl)cc1OC. The molecule has 116 valence electrons. The Hall–Kier alpha value is -1.44. The molecule has 0 fully saturated rings. The molecule has 0 spiro atoms. The average molecular weight is 311 g/mol. The lowest BCUT2D eigenvalue weighted by molar-refractivity contribution is 0.236. The molecule has 5 heteroatoms. The minimum atomic E-state index is -0.496. The molecule has 1 atom stereocenters. The van der Waals surface area contributed by atoms with Crippen LogP contribution in [0.2, 0.25) is 5.02 Å². The summed E-state index contributed by atoms with van der Waals surface area (Å²) in [4.78, 5) is 0. The molecule has 1 unspecified atom stereocenters. The van der Waals surface area contributed by atoms with Crippen LogP contribution < -0.4 is 14.8 Å². The molecule has 21 heavy (non-hydrogen) atoms. The number of ether oxygens (including phenoxy) is 2. The van der Waals surface area contributed by atoms with Gasteiger partial charge in [-0.1, -0.05) is 32.4 Å². The van der Waals surface area contributed by atoms with Crippen LogP contribution in [-0.4, -0.2) is 19.8 Å². The normalized spacial score (nSPS) is 12.0. The predicted molar refractivity (Wildman–Crippen MR) is 84.9 cm³/mol. The van der Waals surface area contributed by atoms with Crippen LogP contribution in [0.1, 0.15) is 32.8 Å². The largest absolute Gasteiger partial charge is 0.493 e. The number of methoxy groups -OCH3 is 1. The van der Waals surface area contributed by atoms with E-state index in [-0.39, 0.29) is 0 Å². The monoisotopic (exact) mass is 310 g/mol. The van der Waals surface area contributed by atoms with E-state index in [2.05, 4.69) is 25.2 Å². The Balaban J connectivity index is 3.02. The van der Waals surface area contributed by atoms with Crippen molar-refractivity contribution in [3.8, 4) is 17.6 Å². The lowest BCUT2D eigenvalue weighted by Gasteiger charge is -2.18. The van der Waals surface area contributed by atoms with Crippen LogP contribution in [0, 0.1) is 17.2 Å². The van der Waals surface area contributed by atoms with Crippen molar-refractivity contribution in [3.05, 3.63) is 22.7 Å². The molecular weight excluding hydrogens is 288 g/mol. The number of nitrogens with one attached hydrogen (secondary N) is 1. The van der Waals surface area contributed by atoms with Crippen LogP contribution in [0.4, 0.5) is 0 Å². The molecule has 0 aliphatic carbocycles. The Kier molecular flexibility index (Phi) is 7.35. The van der Waals surface area contributed by atoms with E-state index in [1.54, 1.807) is 13.2 Å². The minimum Gasteiger partial charge on any atom is -0.493 e. The Bertz CT molecular complexity index is 498. The van der Waals surface area contributed by atoms with E-state index in [0.29, 0.717) is 35.4 Å². The van der Waals surface area contributed by atoms with Gasteiger partial charge in [0.05, 0.1) is 7.11 Å². The third-order valence-corrected chi connectivity index (χ3v) is 3.18. The maximum absolute atomic E-state index is 9.09. The van der Waals surface area contributed by atoms with Gasteiger partial charge in [-0.15, -0.1) is 0 Å². The summed E-state index contributed by atoms with van der Waals surface area (Å²) in [5.41, 5.74) is 0.897. The lowest BCUT2D eigenvalue weighted by Crippen LogP contribution is -2.21. The maximum atomic E-state index is 9.09. The molecule has 0 aliphatic heterocycles. The number of benzene rings is 1. The van der Waals surface area contributed by atoms with E-state index in [4.69, 9.17) is 26.3 Å². The molecule has 4 nitrogen and oxygen atoms in total. The molecule has 0 aromatic heterocycles. The summed E-state index contributed by atoms with van der Waals surface area (Å²) in [6.45, 7) is 7.71. The van der Waals surface area contributed by atoms with Crippen molar-refractivity contribution in [2.45, 2.75) is 39.8 Å². The third-order valence-electron chi connectivity index (χ3n) is 2.96. The van der Waals surface area contributed by atoms with Crippen molar-refractivity contribution >= 4 is 11.6 Å². The van der Waals surface area contributed by atoms with Gasteiger partial charge in [-0.05, 0) is 24.9 Å². The van der Waals surface area contributed by atoms with Gasteiger partial charge in [-0.3, -0.25) is 0 Å². The van der Waals surface area contributed by atoms with Crippen molar-refractivity contribution in [3.63, 3.8) is 0 Å². The fraction of sp³-hybridized carbons (Fsp3) is 0.562. The molecule has 0 bridgehead atoms. The van der Waals surface area contributed by atoms with Gasteiger partial charge in [0.15, 0.2) is 17.6 Å². The number of rotatable bonds is 8. The Labute approximate surface area is 132 Å². The van der Waals surface area contributed by atoms with Gasteiger partial charge in [0.2, 0.25) is 0 Å². The van der Waals surface area contributed by atoms with Crippen molar-refractivity contribution in [1.82, 2.24) is 5.32 Å². The van der Waals surface area contributed by atoms with Gasteiger partial charge >= 0.3 is 0 Å². The van der Waals surface area contributed by atoms with Gasteiger partial charge in [0, 0.05) is 23.2 Å². The number of hydrogen-bond donors (Lipinski definition) is 1. The zero-order valence-electron chi connectivity index (χ0n) is 13.1. The molecule has 0 amide bonds. The molecule has 1 aromatic carbocycles. The quantitative estimate of drug-likeness (QED) is 0.794. The van der Waals surface area contributed by atoms with Crippen LogP contribution in [0.5, 0.6) is 11.5 Å². The minimum absolute atomic E-state index is 0.496. The van der Waals surface area contributed by atoms with Gasteiger partial charge in [0.25, 0.3) is 0 Å². The molecule has 0 saturated heterocycles. The van der Waals surface area contributed by atoms with Crippen molar-refractivity contribution in [1.29, 1.82) is 5.26 Å². The Morgan fingerprint density at radius 3 is 2.62 bits per heavy atom. The predicted octanol–water partition coefficient (Wildman–Crippen LogP) is 3.78. The van der Waals surface area contributed by atoms with E-state index in [1.165, 1.54) is 0 Å². The standard InChI is InChI=1S/C16H23ClN2O2/c1-5-14(8-18)21-16-12(10-19-9-11(2)3)6-13(17)7-15(16)20-4/h6-7,11,14,19H,5,9-10H2,1-4H3. The number of nitriles is 1. The average Bonchev–Trinajstić information content (AvgIpc) is 2.45.